The van der Waals surface area contributed by atoms with Gasteiger partial charge >= 0.3 is 5.97 Å². The first-order valence-corrected chi connectivity index (χ1v) is 9.36. The average Bonchev–Trinajstić information content (AvgIpc) is 2.48. The molecule has 0 amide bonds. The highest BCUT2D eigenvalue weighted by atomic mass is 127. The van der Waals surface area contributed by atoms with Crippen LogP contribution in [0.5, 0.6) is 11.5 Å². The summed E-state index contributed by atoms with van der Waals surface area (Å²) in [4.78, 5) is 11.3. The maximum Gasteiger partial charge on any atom is 0.343 e. The summed E-state index contributed by atoms with van der Waals surface area (Å²) >= 11 is 2.19. The standard InChI is InChI=1S/C19H30INO4/c1-18(2,3)12-19(4,5)21-10-13-8-14(20)17(15(9-13)23-6)25-11-16(22)24-7/h8-9,21H,10-12H2,1-7H3. The Bertz CT molecular complexity index is 594. The first kappa shape index (κ1) is 22.0. The molecule has 0 fully saturated rings. The number of rotatable bonds is 8. The van der Waals surface area contributed by atoms with E-state index in [1.165, 1.54) is 7.11 Å². The first-order chi connectivity index (χ1) is 11.5. The Morgan fingerprint density at radius 1 is 1.16 bits per heavy atom. The minimum atomic E-state index is -0.424. The molecule has 0 unspecified atom stereocenters. The Kier molecular flexibility index (Phi) is 7.99. The van der Waals surface area contributed by atoms with Crippen molar-refractivity contribution in [3.05, 3.63) is 21.3 Å². The molecule has 0 saturated heterocycles. The van der Waals surface area contributed by atoms with Gasteiger partial charge in [0.05, 0.1) is 17.8 Å². The second-order valence-electron chi connectivity index (χ2n) is 7.95. The quantitative estimate of drug-likeness (QED) is 0.464. The molecule has 0 spiro atoms. The average molecular weight is 463 g/mol. The van der Waals surface area contributed by atoms with E-state index in [0.717, 1.165) is 22.1 Å². The summed E-state index contributed by atoms with van der Waals surface area (Å²) in [5.74, 6) is 0.750. The van der Waals surface area contributed by atoms with Gasteiger partial charge in [-0.15, -0.1) is 0 Å². The molecule has 0 aliphatic carbocycles. The fraction of sp³-hybridized carbons (Fsp3) is 0.632. The maximum atomic E-state index is 11.3. The summed E-state index contributed by atoms with van der Waals surface area (Å²) in [6, 6.07) is 3.98. The molecule has 0 radical (unpaired) electrons. The van der Waals surface area contributed by atoms with E-state index >= 15 is 0 Å². The van der Waals surface area contributed by atoms with Gasteiger partial charge in [-0.2, -0.15) is 0 Å². The lowest BCUT2D eigenvalue weighted by Crippen LogP contribution is -2.41. The Labute approximate surface area is 164 Å². The van der Waals surface area contributed by atoms with Crippen LogP contribution in [0.3, 0.4) is 0 Å². The van der Waals surface area contributed by atoms with Crippen molar-refractivity contribution in [3.8, 4) is 11.5 Å². The van der Waals surface area contributed by atoms with Crippen LogP contribution >= 0.6 is 22.6 Å². The molecule has 1 rings (SSSR count). The normalized spacial score (nSPS) is 12.0. The lowest BCUT2D eigenvalue weighted by atomic mass is 9.82. The van der Waals surface area contributed by atoms with Crippen LogP contribution in [-0.4, -0.2) is 32.3 Å². The lowest BCUT2D eigenvalue weighted by Gasteiger charge is -2.33. The third kappa shape index (κ3) is 7.81. The van der Waals surface area contributed by atoms with Gasteiger partial charge in [-0.3, -0.25) is 0 Å². The van der Waals surface area contributed by atoms with Crippen molar-refractivity contribution in [2.24, 2.45) is 5.41 Å². The first-order valence-electron chi connectivity index (χ1n) is 8.28. The van der Waals surface area contributed by atoms with Gasteiger partial charge in [-0.25, -0.2) is 4.79 Å². The van der Waals surface area contributed by atoms with Crippen LogP contribution in [0.4, 0.5) is 0 Å². The number of carbonyl (C=O) groups is 1. The summed E-state index contributed by atoms with van der Waals surface area (Å²) in [5.41, 5.74) is 1.39. The molecule has 1 N–H and O–H groups in total. The fourth-order valence-corrected chi connectivity index (χ4v) is 3.76. The molecule has 0 aliphatic rings. The smallest absolute Gasteiger partial charge is 0.343 e. The van der Waals surface area contributed by atoms with Crippen molar-refractivity contribution in [1.29, 1.82) is 0 Å². The molecule has 0 bridgehead atoms. The molecule has 0 saturated carbocycles. The molecule has 0 atom stereocenters. The van der Waals surface area contributed by atoms with Gasteiger partial charge in [-0.1, -0.05) is 20.8 Å². The molecule has 0 aromatic heterocycles. The van der Waals surface area contributed by atoms with Gasteiger partial charge in [0.2, 0.25) is 0 Å². The van der Waals surface area contributed by atoms with Crippen LogP contribution in [0, 0.1) is 8.99 Å². The highest BCUT2D eigenvalue weighted by molar-refractivity contribution is 14.1. The van der Waals surface area contributed by atoms with E-state index < -0.39 is 5.97 Å². The summed E-state index contributed by atoms with van der Waals surface area (Å²) in [6.45, 7) is 11.8. The van der Waals surface area contributed by atoms with Gasteiger partial charge in [-0.05, 0) is 66.0 Å². The zero-order valence-electron chi connectivity index (χ0n) is 16.3. The largest absolute Gasteiger partial charge is 0.493 e. The molecule has 0 heterocycles. The SMILES string of the molecule is COC(=O)COc1c(I)cc(CNC(C)(C)CC(C)(C)C)cc1OC. The molecular formula is C19H30INO4. The summed E-state index contributed by atoms with van der Waals surface area (Å²) in [5, 5.41) is 3.62. The molecule has 25 heavy (non-hydrogen) atoms. The van der Waals surface area contributed by atoms with Crippen LogP contribution in [0.25, 0.3) is 0 Å². The summed E-state index contributed by atoms with van der Waals surface area (Å²) in [7, 11) is 2.93. The van der Waals surface area contributed by atoms with Crippen LogP contribution < -0.4 is 14.8 Å². The van der Waals surface area contributed by atoms with Gasteiger partial charge in [0.25, 0.3) is 0 Å². The molecule has 142 valence electrons. The summed E-state index contributed by atoms with van der Waals surface area (Å²) in [6.07, 6.45) is 1.06. The number of carbonyl (C=O) groups excluding carboxylic acids is 1. The van der Waals surface area contributed by atoms with E-state index in [-0.39, 0.29) is 17.6 Å². The molecule has 1 aromatic rings. The van der Waals surface area contributed by atoms with E-state index in [1.54, 1.807) is 7.11 Å². The van der Waals surface area contributed by atoms with E-state index in [9.17, 15) is 4.79 Å². The lowest BCUT2D eigenvalue weighted by molar-refractivity contribution is -0.142. The van der Waals surface area contributed by atoms with Crippen molar-refractivity contribution in [3.63, 3.8) is 0 Å². The van der Waals surface area contributed by atoms with Crippen molar-refractivity contribution >= 4 is 28.6 Å². The molecule has 1 aromatic carbocycles. The Morgan fingerprint density at radius 3 is 2.32 bits per heavy atom. The number of nitrogens with one attached hydrogen (secondary N) is 1. The Hall–Kier alpha value is -1.02. The van der Waals surface area contributed by atoms with Crippen molar-refractivity contribution in [2.75, 3.05) is 20.8 Å². The van der Waals surface area contributed by atoms with Crippen molar-refractivity contribution in [1.82, 2.24) is 5.32 Å². The van der Waals surface area contributed by atoms with E-state index in [1.807, 2.05) is 12.1 Å². The molecule has 6 heteroatoms. The minimum absolute atomic E-state index is 0.0248. The Morgan fingerprint density at radius 2 is 1.80 bits per heavy atom. The molecular weight excluding hydrogens is 433 g/mol. The number of hydrogen-bond acceptors (Lipinski definition) is 5. The van der Waals surface area contributed by atoms with Gasteiger partial charge in [0, 0.05) is 12.1 Å². The second kappa shape index (κ2) is 9.07. The fourth-order valence-electron chi connectivity index (χ4n) is 2.94. The second-order valence-corrected chi connectivity index (χ2v) is 9.11. The zero-order valence-corrected chi connectivity index (χ0v) is 18.4. The van der Waals surface area contributed by atoms with Crippen LogP contribution in [0.2, 0.25) is 0 Å². The van der Waals surface area contributed by atoms with E-state index in [2.05, 4.69) is 67.3 Å². The summed E-state index contributed by atoms with van der Waals surface area (Å²) < 4.78 is 16.5. The minimum Gasteiger partial charge on any atom is -0.493 e. The van der Waals surface area contributed by atoms with E-state index in [4.69, 9.17) is 9.47 Å². The number of ether oxygens (including phenoxy) is 3. The van der Waals surface area contributed by atoms with Crippen molar-refractivity contribution in [2.45, 2.75) is 53.1 Å². The maximum absolute atomic E-state index is 11.3. The number of benzene rings is 1. The predicted molar refractivity (Wildman–Crippen MR) is 108 cm³/mol. The van der Waals surface area contributed by atoms with Gasteiger partial charge < -0.3 is 19.5 Å². The Balaban J connectivity index is 2.86. The van der Waals surface area contributed by atoms with Crippen LogP contribution in [-0.2, 0) is 16.1 Å². The van der Waals surface area contributed by atoms with Gasteiger partial charge in [0.15, 0.2) is 18.1 Å². The number of esters is 1. The molecule has 0 aliphatic heterocycles. The molecule has 5 nitrogen and oxygen atoms in total. The van der Waals surface area contributed by atoms with Crippen LogP contribution in [0.15, 0.2) is 12.1 Å². The monoisotopic (exact) mass is 463 g/mol. The number of hydrogen-bond donors (Lipinski definition) is 1. The van der Waals surface area contributed by atoms with Crippen molar-refractivity contribution < 1.29 is 19.0 Å². The third-order valence-corrected chi connectivity index (χ3v) is 4.40. The van der Waals surface area contributed by atoms with E-state index in [0.29, 0.717) is 11.5 Å². The highest BCUT2D eigenvalue weighted by Gasteiger charge is 2.25. The third-order valence-electron chi connectivity index (χ3n) is 3.59. The number of methoxy groups -OCH3 is 2. The number of halogens is 1. The topological polar surface area (TPSA) is 56.8 Å². The zero-order chi connectivity index (χ0) is 19.3. The highest BCUT2D eigenvalue weighted by Crippen LogP contribution is 2.34. The predicted octanol–water partition coefficient (Wildman–Crippen LogP) is 4.16. The van der Waals surface area contributed by atoms with Gasteiger partial charge in [0.1, 0.15) is 0 Å². The van der Waals surface area contributed by atoms with Crippen LogP contribution in [0.1, 0.15) is 46.6 Å².